The maximum absolute atomic E-state index is 9.49. The molecule has 3 nitrogen and oxygen atoms in total. The van der Waals surface area contributed by atoms with E-state index in [2.05, 4.69) is 18.3 Å². The minimum atomic E-state index is -0.339. The Kier molecular flexibility index (Phi) is 5.10. The first-order valence-corrected chi connectivity index (χ1v) is 6.91. The van der Waals surface area contributed by atoms with Crippen molar-refractivity contribution in [1.82, 2.24) is 5.32 Å². The smallest absolute Gasteiger partial charge is 0.107 e. The van der Waals surface area contributed by atoms with Gasteiger partial charge >= 0.3 is 0 Å². The van der Waals surface area contributed by atoms with Crippen LogP contribution in [-0.4, -0.2) is 34.3 Å². The molecular weight excluding hydrogens is 220 g/mol. The molecule has 4 heteroatoms. The summed E-state index contributed by atoms with van der Waals surface area (Å²) in [5.41, 5.74) is -0.339. The van der Waals surface area contributed by atoms with Crippen LogP contribution >= 0.6 is 11.8 Å². The van der Waals surface area contributed by atoms with Crippen molar-refractivity contribution in [2.75, 3.05) is 7.05 Å². The second-order valence-electron chi connectivity index (χ2n) is 4.74. The van der Waals surface area contributed by atoms with Crippen LogP contribution in [0.2, 0.25) is 0 Å². The third-order valence-electron chi connectivity index (χ3n) is 3.48. The van der Waals surface area contributed by atoms with Gasteiger partial charge in [0.2, 0.25) is 0 Å². The van der Waals surface area contributed by atoms with Gasteiger partial charge in [-0.25, -0.2) is 0 Å². The van der Waals surface area contributed by atoms with Crippen molar-refractivity contribution in [3.8, 4) is 6.07 Å². The van der Waals surface area contributed by atoms with Crippen LogP contribution in [0, 0.1) is 11.3 Å². The van der Waals surface area contributed by atoms with Gasteiger partial charge in [0.05, 0.1) is 12.2 Å². The highest BCUT2D eigenvalue weighted by Crippen LogP contribution is 2.36. The topological polar surface area (TPSA) is 56.0 Å². The Hall–Kier alpha value is -0.240. The van der Waals surface area contributed by atoms with E-state index in [1.807, 2.05) is 25.7 Å². The molecular formula is C12H22N2OS. The minimum absolute atomic E-state index is 0.247. The lowest BCUT2D eigenvalue weighted by Crippen LogP contribution is -2.46. The molecule has 1 saturated carbocycles. The van der Waals surface area contributed by atoms with Gasteiger partial charge in [-0.1, -0.05) is 6.92 Å². The molecule has 4 atom stereocenters. The first-order valence-electron chi connectivity index (χ1n) is 5.96. The van der Waals surface area contributed by atoms with Crippen molar-refractivity contribution in [3.05, 3.63) is 0 Å². The van der Waals surface area contributed by atoms with E-state index >= 15 is 0 Å². The van der Waals surface area contributed by atoms with Crippen LogP contribution < -0.4 is 5.32 Å². The molecule has 0 amide bonds. The minimum Gasteiger partial charge on any atom is -0.392 e. The summed E-state index contributed by atoms with van der Waals surface area (Å²) in [7, 11) is 1.87. The van der Waals surface area contributed by atoms with Gasteiger partial charge < -0.3 is 10.4 Å². The van der Waals surface area contributed by atoms with Crippen LogP contribution in [-0.2, 0) is 0 Å². The van der Waals surface area contributed by atoms with Crippen LogP contribution in [0.25, 0.3) is 0 Å². The summed E-state index contributed by atoms with van der Waals surface area (Å²) < 4.78 is 0. The fourth-order valence-corrected chi connectivity index (χ4v) is 3.66. The monoisotopic (exact) mass is 242 g/mol. The fraction of sp³-hybridized carbons (Fsp3) is 0.917. The largest absolute Gasteiger partial charge is 0.392 e. The predicted molar refractivity (Wildman–Crippen MR) is 68.4 cm³/mol. The molecule has 0 aliphatic heterocycles. The number of nitrogens with zero attached hydrogens (tertiary/aromatic N) is 1. The lowest BCUT2D eigenvalue weighted by molar-refractivity contribution is 0.195. The molecule has 16 heavy (non-hydrogen) atoms. The van der Waals surface area contributed by atoms with Crippen molar-refractivity contribution in [2.24, 2.45) is 0 Å². The van der Waals surface area contributed by atoms with Crippen molar-refractivity contribution in [1.29, 1.82) is 5.26 Å². The Morgan fingerprint density at radius 3 is 2.75 bits per heavy atom. The van der Waals surface area contributed by atoms with E-state index in [4.69, 9.17) is 0 Å². The summed E-state index contributed by atoms with van der Waals surface area (Å²) in [4.78, 5) is 0. The number of thioether (sulfide) groups is 1. The number of nitriles is 1. The molecule has 0 bridgehead atoms. The summed E-state index contributed by atoms with van der Waals surface area (Å²) in [5.74, 6) is 0. The first-order chi connectivity index (χ1) is 7.53. The second-order valence-corrected chi connectivity index (χ2v) is 6.43. The zero-order chi connectivity index (χ0) is 12.2. The van der Waals surface area contributed by atoms with Crippen LogP contribution in [0.5, 0.6) is 0 Å². The molecule has 1 aliphatic rings. The molecule has 0 spiro atoms. The summed E-state index contributed by atoms with van der Waals surface area (Å²) >= 11 is 1.82. The predicted octanol–water partition coefficient (Wildman–Crippen LogP) is 1.91. The zero-order valence-electron chi connectivity index (χ0n) is 10.4. The van der Waals surface area contributed by atoms with Gasteiger partial charge in [-0.05, 0) is 39.7 Å². The quantitative estimate of drug-likeness (QED) is 0.791. The van der Waals surface area contributed by atoms with Crippen molar-refractivity contribution in [2.45, 2.75) is 61.7 Å². The van der Waals surface area contributed by atoms with Gasteiger partial charge in [0, 0.05) is 10.5 Å². The summed E-state index contributed by atoms with van der Waals surface area (Å²) in [6.45, 7) is 3.88. The van der Waals surface area contributed by atoms with Crippen LogP contribution in [0.3, 0.4) is 0 Å². The molecule has 4 unspecified atom stereocenters. The van der Waals surface area contributed by atoms with E-state index in [0.29, 0.717) is 5.25 Å². The van der Waals surface area contributed by atoms with Crippen molar-refractivity contribution >= 4 is 11.8 Å². The molecule has 0 aromatic rings. The van der Waals surface area contributed by atoms with Gasteiger partial charge in [-0.2, -0.15) is 17.0 Å². The highest BCUT2D eigenvalue weighted by Gasteiger charge is 2.36. The molecule has 1 fully saturated rings. The maximum Gasteiger partial charge on any atom is 0.107 e. The Labute approximate surface area is 103 Å². The van der Waals surface area contributed by atoms with Crippen LogP contribution in [0.4, 0.5) is 0 Å². The molecule has 2 N–H and O–H groups in total. The lowest BCUT2D eigenvalue weighted by atomic mass is 9.83. The number of aliphatic hydroxyl groups excluding tert-OH is 1. The molecule has 92 valence electrons. The highest BCUT2D eigenvalue weighted by molar-refractivity contribution is 8.00. The van der Waals surface area contributed by atoms with Crippen LogP contribution in [0.1, 0.15) is 39.5 Å². The average Bonchev–Trinajstić information content (AvgIpc) is 2.29. The average molecular weight is 242 g/mol. The van der Waals surface area contributed by atoms with E-state index in [0.717, 1.165) is 25.7 Å². The van der Waals surface area contributed by atoms with Gasteiger partial charge in [-0.15, -0.1) is 0 Å². The molecule has 1 rings (SSSR count). The maximum atomic E-state index is 9.49. The van der Waals surface area contributed by atoms with E-state index in [-0.39, 0.29) is 16.9 Å². The van der Waals surface area contributed by atoms with E-state index in [1.165, 1.54) is 0 Å². The molecule has 0 aromatic heterocycles. The molecule has 0 radical (unpaired) electrons. The second kappa shape index (κ2) is 5.90. The van der Waals surface area contributed by atoms with Gasteiger partial charge in [0.15, 0.2) is 0 Å². The SMILES string of the molecule is CNC1(C#N)CCCC(SC(C)C(C)O)C1. The Morgan fingerprint density at radius 1 is 1.56 bits per heavy atom. The van der Waals surface area contributed by atoms with Gasteiger partial charge in [0.1, 0.15) is 5.54 Å². The van der Waals surface area contributed by atoms with Crippen molar-refractivity contribution in [3.63, 3.8) is 0 Å². The van der Waals surface area contributed by atoms with Crippen molar-refractivity contribution < 1.29 is 5.11 Å². The van der Waals surface area contributed by atoms with Gasteiger partial charge in [0.25, 0.3) is 0 Å². The van der Waals surface area contributed by atoms with Gasteiger partial charge in [-0.3, -0.25) is 0 Å². The number of aliphatic hydroxyl groups is 1. The Bertz CT molecular complexity index is 264. The Morgan fingerprint density at radius 2 is 2.25 bits per heavy atom. The third kappa shape index (κ3) is 3.38. The Balaban J connectivity index is 2.54. The van der Waals surface area contributed by atoms with E-state index in [9.17, 15) is 10.4 Å². The van der Waals surface area contributed by atoms with E-state index in [1.54, 1.807) is 0 Å². The van der Waals surface area contributed by atoms with E-state index < -0.39 is 0 Å². The molecule has 0 aromatic carbocycles. The summed E-state index contributed by atoms with van der Waals surface area (Å²) in [6, 6.07) is 2.41. The fourth-order valence-electron chi connectivity index (χ4n) is 2.14. The number of hydrogen-bond donors (Lipinski definition) is 2. The molecule has 0 saturated heterocycles. The number of rotatable bonds is 4. The normalized spacial score (nSPS) is 34.1. The number of hydrogen-bond acceptors (Lipinski definition) is 4. The first kappa shape index (κ1) is 13.8. The lowest BCUT2D eigenvalue weighted by Gasteiger charge is -2.36. The highest BCUT2D eigenvalue weighted by atomic mass is 32.2. The molecule has 1 aliphatic carbocycles. The molecule has 0 heterocycles. The zero-order valence-corrected chi connectivity index (χ0v) is 11.2. The summed E-state index contributed by atoms with van der Waals surface area (Å²) in [6.07, 6.45) is 3.81. The third-order valence-corrected chi connectivity index (χ3v) is 5.10. The van der Waals surface area contributed by atoms with Crippen LogP contribution in [0.15, 0.2) is 0 Å². The number of nitrogens with one attached hydrogen (secondary N) is 1. The standard InChI is InChI=1S/C12H22N2OS/c1-9(15)10(2)16-11-5-4-6-12(7-11,8-13)14-3/h9-11,14-15H,4-7H2,1-3H3. The summed E-state index contributed by atoms with van der Waals surface area (Å²) in [5, 5.41) is 22.6.